The van der Waals surface area contributed by atoms with Gasteiger partial charge in [0.2, 0.25) is 5.12 Å². The van der Waals surface area contributed by atoms with Crippen molar-refractivity contribution in [2.45, 2.75) is 30.9 Å². The maximum absolute atomic E-state index is 11.7. The summed E-state index contributed by atoms with van der Waals surface area (Å²) in [6, 6.07) is 0. The Morgan fingerprint density at radius 2 is 2.19 bits per heavy atom. The average Bonchev–Trinajstić information content (AvgIpc) is 2.91. The van der Waals surface area contributed by atoms with Gasteiger partial charge in [0.05, 0.1) is 0 Å². The van der Waals surface area contributed by atoms with Gasteiger partial charge in [-0.15, -0.1) is 0 Å². The Labute approximate surface area is 99.9 Å². The molecule has 3 saturated carbocycles. The summed E-state index contributed by atoms with van der Waals surface area (Å²) in [6.07, 6.45) is 5.53. The molecule has 3 rings (SSSR count). The number of rotatable bonds is 2. The first-order valence-corrected chi connectivity index (χ1v) is 6.94. The molecule has 86 valence electrons. The molecule has 0 heterocycles. The van der Waals surface area contributed by atoms with Crippen LogP contribution in [0.3, 0.4) is 0 Å². The summed E-state index contributed by atoms with van der Waals surface area (Å²) in [7, 11) is 0. The van der Waals surface area contributed by atoms with Crippen LogP contribution in [-0.2, 0) is 9.59 Å². The van der Waals surface area contributed by atoms with Gasteiger partial charge in [0.1, 0.15) is 5.78 Å². The van der Waals surface area contributed by atoms with Crippen molar-refractivity contribution in [1.82, 2.24) is 0 Å². The first-order valence-electron chi connectivity index (χ1n) is 6.06. The summed E-state index contributed by atoms with van der Waals surface area (Å²) in [5.74, 6) is 2.66. The zero-order valence-electron chi connectivity index (χ0n) is 9.22. The van der Waals surface area contributed by atoms with Crippen LogP contribution in [0.15, 0.2) is 12.7 Å². The lowest BCUT2D eigenvalue weighted by molar-refractivity contribution is -0.122. The van der Waals surface area contributed by atoms with E-state index < -0.39 is 0 Å². The molecule has 2 bridgehead atoms. The Balaban J connectivity index is 1.74. The van der Waals surface area contributed by atoms with Crippen LogP contribution in [0.25, 0.3) is 0 Å². The molecule has 5 unspecified atom stereocenters. The first kappa shape index (κ1) is 10.6. The Morgan fingerprint density at radius 3 is 2.94 bits per heavy atom. The molecule has 0 aromatic rings. The largest absolute Gasteiger partial charge is 0.299 e. The van der Waals surface area contributed by atoms with Crippen molar-refractivity contribution in [2.24, 2.45) is 23.7 Å². The van der Waals surface area contributed by atoms with Gasteiger partial charge in [0, 0.05) is 17.6 Å². The lowest BCUT2D eigenvalue weighted by atomic mass is 9.81. The standard InChI is InChI=1S/C13H16O2S/c1-2-12(15)16-11-6-7-5-9(11)8-3-4-10(14)13(7)8/h2,7-9,11,13H,1,3-6H2. The fourth-order valence-electron chi connectivity index (χ4n) is 4.13. The minimum atomic E-state index is 0.0958. The molecule has 0 N–H and O–H groups in total. The van der Waals surface area contributed by atoms with Crippen LogP contribution in [0, 0.1) is 23.7 Å². The fourth-order valence-corrected chi connectivity index (χ4v) is 5.36. The molecule has 3 heteroatoms. The maximum Gasteiger partial charge on any atom is 0.211 e. The van der Waals surface area contributed by atoms with Crippen molar-refractivity contribution >= 4 is 22.7 Å². The molecule has 0 aliphatic heterocycles. The van der Waals surface area contributed by atoms with Crippen molar-refractivity contribution < 1.29 is 9.59 Å². The minimum absolute atomic E-state index is 0.0958. The zero-order chi connectivity index (χ0) is 11.3. The number of Topliss-reactive ketones (excluding diaryl/α,β-unsaturated/α-hetero) is 1. The maximum atomic E-state index is 11.7. The van der Waals surface area contributed by atoms with E-state index in [0.717, 1.165) is 19.3 Å². The molecule has 16 heavy (non-hydrogen) atoms. The van der Waals surface area contributed by atoms with E-state index >= 15 is 0 Å². The van der Waals surface area contributed by atoms with Gasteiger partial charge in [0.15, 0.2) is 0 Å². The van der Waals surface area contributed by atoms with Crippen LogP contribution in [0.5, 0.6) is 0 Å². The van der Waals surface area contributed by atoms with Gasteiger partial charge in [-0.25, -0.2) is 0 Å². The number of carbonyl (C=O) groups excluding carboxylic acids is 2. The average molecular weight is 236 g/mol. The second-order valence-corrected chi connectivity index (χ2v) is 6.51. The van der Waals surface area contributed by atoms with E-state index in [-0.39, 0.29) is 5.12 Å². The van der Waals surface area contributed by atoms with Gasteiger partial charge < -0.3 is 0 Å². The number of ketones is 1. The summed E-state index contributed by atoms with van der Waals surface area (Å²) in [6.45, 7) is 3.52. The van der Waals surface area contributed by atoms with Crippen molar-refractivity contribution in [1.29, 1.82) is 0 Å². The van der Waals surface area contributed by atoms with Crippen LogP contribution in [-0.4, -0.2) is 16.1 Å². The molecular weight excluding hydrogens is 220 g/mol. The molecule has 0 aromatic heterocycles. The predicted molar refractivity (Wildman–Crippen MR) is 64.0 cm³/mol. The number of fused-ring (bicyclic) bond motifs is 5. The van der Waals surface area contributed by atoms with E-state index in [0.29, 0.717) is 34.7 Å². The smallest absolute Gasteiger partial charge is 0.211 e. The van der Waals surface area contributed by atoms with Crippen molar-refractivity contribution in [3.8, 4) is 0 Å². The predicted octanol–water partition coefficient (Wildman–Crippen LogP) is 2.44. The van der Waals surface area contributed by atoms with Gasteiger partial charge in [0.25, 0.3) is 0 Å². The third-order valence-electron chi connectivity index (χ3n) is 4.64. The van der Waals surface area contributed by atoms with Gasteiger partial charge in [-0.2, -0.15) is 0 Å². The van der Waals surface area contributed by atoms with Gasteiger partial charge in [-0.3, -0.25) is 9.59 Å². The second-order valence-electron chi connectivity index (χ2n) is 5.27. The first-order chi connectivity index (χ1) is 7.70. The van der Waals surface area contributed by atoms with Crippen molar-refractivity contribution in [2.75, 3.05) is 0 Å². The molecule has 2 nitrogen and oxygen atoms in total. The molecule has 3 aliphatic rings. The summed E-state index contributed by atoms with van der Waals surface area (Å²) in [5, 5.41) is 0.557. The highest BCUT2D eigenvalue weighted by molar-refractivity contribution is 8.14. The Morgan fingerprint density at radius 1 is 1.38 bits per heavy atom. The normalized spacial score (nSPS) is 44.8. The quantitative estimate of drug-likeness (QED) is 0.691. The SMILES string of the molecule is C=CC(=O)SC1CC2CC1C1CCC(=O)C21. The summed E-state index contributed by atoms with van der Waals surface area (Å²) in [5.41, 5.74) is 0. The van der Waals surface area contributed by atoms with Crippen LogP contribution >= 0.6 is 11.8 Å². The van der Waals surface area contributed by atoms with Crippen LogP contribution in [0.2, 0.25) is 0 Å². The Bertz CT molecular complexity index is 363. The molecule has 0 saturated heterocycles. The van der Waals surface area contributed by atoms with E-state index in [9.17, 15) is 9.59 Å². The summed E-state index contributed by atoms with van der Waals surface area (Å²) < 4.78 is 0. The molecular formula is C13H16O2S. The van der Waals surface area contributed by atoms with Gasteiger partial charge in [-0.05, 0) is 43.1 Å². The van der Waals surface area contributed by atoms with Crippen LogP contribution in [0.4, 0.5) is 0 Å². The van der Waals surface area contributed by atoms with Crippen molar-refractivity contribution in [3.63, 3.8) is 0 Å². The number of hydrogen-bond donors (Lipinski definition) is 0. The highest BCUT2D eigenvalue weighted by atomic mass is 32.2. The number of carbonyl (C=O) groups is 2. The molecule has 0 amide bonds. The number of hydrogen-bond acceptors (Lipinski definition) is 3. The molecule has 5 atom stereocenters. The van der Waals surface area contributed by atoms with Gasteiger partial charge in [-0.1, -0.05) is 18.3 Å². The number of thioether (sulfide) groups is 1. The van der Waals surface area contributed by atoms with E-state index in [2.05, 4.69) is 6.58 Å². The van der Waals surface area contributed by atoms with E-state index in [4.69, 9.17) is 0 Å². The fraction of sp³-hybridized carbons (Fsp3) is 0.692. The molecule has 0 spiro atoms. The Kier molecular flexibility index (Phi) is 2.46. The molecule has 0 radical (unpaired) electrons. The lowest BCUT2D eigenvalue weighted by Crippen LogP contribution is -2.29. The Hall–Kier alpha value is -0.570. The highest BCUT2D eigenvalue weighted by Gasteiger charge is 2.57. The second kappa shape index (κ2) is 3.73. The monoisotopic (exact) mass is 236 g/mol. The highest BCUT2D eigenvalue weighted by Crippen LogP contribution is 2.60. The third-order valence-corrected chi connectivity index (χ3v) is 5.88. The van der Waals surface area contributed by atoms with Crippen LogP contribution in [0.1, 0.15) is 25.7 Å². The summed E-state index contributed by atoms with van der Waals surface area (Å²) >= 11 is 1.45. The third kappa shape index (κ3) is 1.41. The minimum Gasteiger partial charge on any atom is -0.299 e. The lowest BCUT2D eigenvalue weighted by Gasteiger charge is -2.29. The van der Waals surface area contributed by atoms with E-state index in [1.165, 1.54) is 24.3 Å². The van der Waals surface area contributed by atoms with E-state index in [1.807, 2.05) is 0 Å². The molecule has 3 aliphatic carbocycles. The zero-order valence-corrected chi connectivity index (χ0v) is 10.0. The topological polar surface area (TPSA) is 34.1 Å². The van der Waals surface area contributed by atoms with Gasteiger partial charge >= 0.3 is 0 Å². The van der Waals surface area contributed by atoms with E-state index in [1.54, 1.807) is 0 Å². The molecule has 3 fully saturated rings. The summed E-state index contributed by atoms with van der Waals surface area (Å²) in [4.78, 5) is 23.1. The van der Waals surface area contributed by atoms with Crippen LogP contribution < -0.4 is 0 Å². The molecule has 0 aromatic carbocycles. The van der Waals surface area contributed by atoms with Crippen molar-refractivity contribution in [3.05, 3.63) is 12.7 Å².